The molecule has 194 valence electrons. The van der Waals surface area contributed by atoms with E-state index in [0.717, 1.165) is 36.9 Å². The summed E-state index contributed by atoms with van der Waals surface area (Å²) >= 11 is 11.7. The summed E-state index contributed by atoms with van der Waals surface area (Å²) in [5, 5.41) is 17.6. The molecule has 4 aromatic rings. The molecule has 1 N–H and O–H groups in total. The molecule has 4 rings (SSSR count). The smallest absolute Gasteiger partial charge is 0.335 e. The lowest BCUT2D eigenvalue weighted by atomic mass is 9.86. The van der Waals surface area contributed by atoms with Gasteiger partial charge in [0.2, 0.25) is 0 Å². The number of para-hydroxylation sites is 1. The van der Waals surface area contributed by atoms with Crippen LogP contribution < -0.4 is 0 Å². The Morgan fingerprint density at radius 3 is 2.32 bits per heavy atom. The van der Waals surface area contributed by atoms with Gasteiger partial charge in [-0.25, -0.2) is 9.48 Å². The molecule has 0 aliphatic heterocycles. The Balaban J connectivity index is 1.88. The monoisotopic (exact) mass is 600 g/mol. The summed E-state index contributed by atoms with van der Waals surface area (Å²) in [5.41, 5.74) is 2.83. The Morgan fingerprint density at radius 1 is 1.08 bits per heavy atom. The summed E-state index contributed by atoms with van der Waals surface area (Å²) in [4.78, 5) is 12.9. The highest BCUT2D eigenvalue weighted by Gasteiger charge is 2.39. The molecule has 0 radical (unpaired) electrons. The zero-order valence-corrected chi connectivity index (χ0v) is 24.6. The third-order valence-electron chi connectivity index (χ3n) is 6.09. The van der Waals surface area contributed by atoms with Crippen molar-refractivity contribution in [3.05, 3.63) is 92.4 Å². The fraction of sp³-hybridized carbons (Fsp3) is 0.310. The van der Waals surface area contributed by atoms with E-state index in [1.807, 2.05) is 79.4 Å². The van der Waals surface area contributed by atoms with Crippen LogP contribution in [0.15, 0.2) is 70.5 Å². The van der Waals surface area contributed by atoms with Gasteiger partial charge in [0.1, 0.15) is 6.10 Å². The number of hydrogen-bond acceptors (Lipinski definition) is 4. The number of rotatable bonds is 8. The molecular formula is C29H30BrClN2O3S. The predicted octanol–water partition coefficient (Wildman–Crippen LogP) is 8.57. The van der Waals surface area contributed by atoms with Gasteiger partial charge in [-0.15, -0.1) is 11.3 Å². The van der Waals surface area contributed by atoms with Gasteiger partial charge in [0, 0.05) is 21.3 Å². The third kappa shape index (κ3) is 6.17. The molecule has 0 fully saturated rings. The van der Waals surface area contributed by atoms with Crippen molar-refractivity contribution in [1.82, 2.24) is 9.78 Å². The summed E-state index contributed by atoms with van der Waals surface area (Å²) in [7, 11) is 0. The van der Waals surface area contributed by atoms with E-state index in [0.29, 0.717) is 12.1 Å². The van der Waals surface area contributed by atoms with Crippen molar-refractivity contribution < 1.29 is 14.6 Å². The SMILES string of the molecule is CC(C)(OC(c1cc(-c2cc(Br)cs2)n(-c2ccccc2Cc2ccccc2Cl)n1)C(C)(C)C)C(=O)O. The summed E-state index contributed by atoms with van der Waals surface area (Å²) in [5.74, 6) is -1.02. The molecule has 8 heteroatoms. The normalized spacial score (nSPS) is 13.1. The summed E-state index contributed by atoms with van der Waals surface area (Å²) in [6.07, 6.45) is 0.0851. The van der Waals surface area contributed by atoms with Crippen molar-refractivity contribution in [1.29, 1.82) is 0 Å². The van der Waals surface area contributed by atoms with Crippen LogP contribution in [0.2, 0.25) is 5.02 Å². The number of thiophene rings is 1. The van der Waals surface area contributed by atoms with Gasteiger partial charge in [0.05, 0.1) is 22.0 Å². The second kappa shape index (κ2) is 10.7. The van der Waals surface area contributed by atoms with Crippen LogP contribution >= 0.6 is 38.9 Å². The van der Waals surface area contributed by atoms with E-state index in [9.17, 15) is 9.90 Å². The van der Waals surface area contributed by atoms with Crippen molar-refractivity contribution in [3.8, 4) is 16.3 Å². The zero-order valence-electron chi connectivity index (χ0n) is 21.5. The van der Waals surface area contributed by atoms with Crippen molar-refractivity contribution >= 4 is 44.8 Å². The van der Waals surface area contributed by atoms with Gasteiger partial charge in [-0.3, -0.25) is 0 Å². The van der Waals surface area contributed by atoms with Gasteiger partial charge in [-0.1, -0.05) is 68.8 Å². The molecule has 0 bridgehead atoms. The molecule has 0 saturated heterocycles. The van der Waals surface area contributed by atoms with Crippen LogP contribution in [0.5, 0.6) is 0 Å². The lowest BCUT2D eigenvalue weighted by Crippen LogP contribution is -2.39. The van der Waals surface area contributed by atoms with Crippen LogP contribution in [0.1, 0.15) is 57.5 Å². The number of aromatic nitrogens is 2. The first kappa shape index (κ1) is 27.6. The minimum atomic E-state index is -1.38. The second-order valence-electron chi connectivity index (χ2n) is 10.6. The molecular weight excluding hydrogens is 572 g/mol. The molecule has 2 heterocycles. The van der Waals surface area contributed by atoms with E-state index in [1.54, 1.807) is 25.2 Å². The maximum Gasteiger partial charge on any atom is 0.335 e. The molecule has 0 aliphatic carbocycles. The van der Waals surface area contributed by atoms with Crippen molar-refractivity contribution in [2.45, 2.75) is 52.7 Å². The lowest BCUT2D eigenvalue weighted by molar-refractivity contribution is -0.177. The molecule has 1 unspecified atom stereocenters. The summed E-state index contributed by atoms with van der Waals surface area (Å²) in [6.45, 7) is 9.23. The highest BCUT2D eigenvalue weighted by atomic mass is 79.9. The van der Waals surface area contributed by atoms with Crippen molar-refractivity contribution in [2.24, 2.45) is 5.41 Å². The van der Waals surface area contributed by atoms with Gasteiger partial charge in [0.25, 0.3) is 0 Å². The fourth-order valence-corrected chi connectivity index (χ4v) is 5.71. The average molecular weight is 602 g/mol. The number of carboxylic acid groups (broad SMARTS) is 1. The lowest BCUT2D eigenvalue weighted by Gasteiger charge is -2.34. The number of ether oxygens (including phenoxy) is 1. The Labute approximate surface area is 235 Å². The highest BCUT2D eigenvalue weighted by Crippen LogP contribution is 2.42. The number of halogens is 2. The van der Waals surface area contributed by atoms with Crippen LogP contribution in [0, 0.1) is 5.41 Å². The first-order valence-corrected chi connectivity index (χ1v) is 14.0. The molecule has 1 atom stereocenters. The number of aliphatic carboxylic acids is 1. The fourth-order valence-electron chi connectivity index (χ4n) is 4.07. The highest BCUT2D eigenvalue weighted by molar-refractivity contribution is 9.10. The molecule has 37 heavy (non-hydrogen) atoms. The minimum Gasteiger partial charge on any atom is -0.479 e. The number of carboxylic acids is 1. The molecule has 0 amide bonds. The van der Waals surface area contributed by atoms with Gasteiger partial charge < -0.3 is 9.84 Å². The molecule has 5 nitrogen and oxygen atoms in total. The predicted molar refractivity (Wildman–Crippen MR) is 154 cm³/mol. The van der Waals surface area contributed by atoms with Crippen LogP contribution in [0.3, 0.4) is 0 Å². The average Bonchev–Trinajstić information content (AvgIpc) is 3.45. The topological polar surface area (TPSA) is 64.4 Å². The van der Waals surface area contributed by atoms with Gasteiger partial charge in [-0.05, 0) is 70.6 Å². The van der Waals surface area contributed by atoms with Crippen LogP contribution in [-0.2, 0) is 16.0 Å². The number of carbonyl (C=O) groups is 1. The number of benzene rings is 2. The van der Waals surface area contributed by atoms with E-state index >= 15 is 0 Å². The molecule has 0 saturated carbocycles. The van der Waals surface area contributed by atoms with E-state index in [4.69, 9.17) is 21.4 Å². The molecule has 2 aromatic heterocycles. The van der Waals surface area contributed by atoms with Crippen molar-refractivity contribution in [3.63, 3.8) is 0 Å². The van der Waals surface area contributed by atoms with Gasteiger partial charge in [0.15, 0.2) is 5.60 Å². The van der Waals surface area contributed by atoms with Crippen molar-refractivity contribution in [2.75, 3.05) is 0 Å². The number of hydrogen-bond donors (Lipinski definition) is 1. The Kier molecular flexibility index (Phi) is 8.00. The third-order valence-corrected chi connectivity index (χ3v) is 8.17. The van der Waals surface area contributed by atoms with E-state index in [-0.39, 0.29) is 0 Å². The molecule has 0 aliphatic rings. The molecule has 2 aromatic carbocycles. The Hall–Kier alpha value is -2.45. The maximum atomic E-state index is 11.9. The van der Waals surface area contributed by atoms with E-state index < -0.39 is 23.1 Å². The largest absolute Gasteiger partial charge is 0.479 e. The zero-order chi connectivity index (χ0) is 27.0. The summed E-state index contributed by atoms with van der Waals surface area (Å²) in [6, 6.07) is 20.0. The second-order valence-corrected chi connectivity index (χ2v) is 12.8. The number of nitrogens with zero attached hydrogens (tertiary/aromatic N) is 2. The quantitative estimate of drug-likeness (QED) is 0.220. The van der Waals surface area contributed by atoms with Crippen LogP contribution in [0.4, 0.5) is 0 Å². The maximum absolute atomic E-state index is 11.9. The van der Waals surface area contributed by atoms with Gasteiger partial charge >= 0.3 is 5.97 Å². The van der Waals surface area contributed by atoms with E-state index in [1.165, 1.54) is 0 Å². The van der Waals surface area contributed by atoms with E-state index in [2.05, 4.69) is 28.1 Å². The Bertz CT molecular complexity index is 1420. The Morgan fingerprint density at radius 2 is 1.73 bits per heavy atom. The van der Waals surface area contributed by atoms with Gasteiger partial charge in [-0.2, -0.15) is 5.10 Å². The first-order chi connectivity index (χ1) is 17.4. The molecule has 0 spiro atoms. The van der Waals surface area contributed by atoms with Crippen LogP contribution in [0.25, 0.3) is 16.3 Å². The minimum absolute atomic E-state index is 0.406. The van der Waals surface area contributed by atoms with Crippen LogP contribution in [-0.4, -0.2) is 26.5 Å². The standard InChI is InChI=1S/C29H30BrClN2O3S/c1-28(2,3)26(36-29(4,5)27(34)35)22-16-24(25-15-20(30)17-37-25)33(32-22)23-13-9-7-11-19(23)14-18-10-6-8-12-21(18)31/h6-13,15-17,26H,14H2,1-5H3,(H,34,35). The first-order valence-electron chi connectivity index (χ1n) is 11.9. The summed E-state index contributed by atoms with van der Waals surface area (Å²) < 4.78 is 9.17.